The quantitative estimate of drug-likeness (QED) is 0.810. The molecule has 0 spiro atoms. The molecule has 0 heterocycles. The minimum absolute atomic E-state index is 0.556. The van der Waals surface area contributed by atoms with Crippen LogP contribution in [0.2, 0.25) is 0 Å². The summed E-state index contributed by atoms with van der Waals surface area (Å²) in [4.78, 5) is 0. The number of hydrogen-bond donors (Lipinski definition) is 1. The van der Waals surface area contributed by atoms with Crippen LogP contribution in [-0.4, -0.2) is 12.6 Å². The maximum atomic E-state index is 3.55. The molecule has 0 amide bonds. The summed E-state index contributed by atoms with van der Waals surface area (Å²) in [5.74, 6) is 1.35. The minimum atomic E-state index is 0.556. The molecule has 0 fully saturated rings. The summed E-state index contributed by atoms with van der Waals surface area (Å²) < 4.78 is 1.15. The standard InChI is InChI=1S/C15H24BrN/c1-11(2)9-14(10-17-12(3)4)13-5-7-15(16)8-6-13/h5-8,11-12,14,17H,9-10H2,1-4H3. The monoisotopic (exact) mass is 297 g/mol. The summed E-state index contributed by atoms with van der Waals surface area (Å²) in [5.41, 5.74) is 1.44. The van der Waals surface area contributed by atoms with Crippen LogP contribution in [0.3, 0.4) is 0 Å². The third-order valence-corrected chi connectivity index (χ3v) is 3.40. The van der Waals surface area contributed by atoms with Gasteiger partial charge < -0.3 is 5.32 Å². The number of benzene rings is 1. The second-order valence-corrected chi connectivity index (χ2v) is 6.36. The highest BCUT2D eigenvalue weighted by atomic mass is 79.9. The van der Waals surface area contributed by atoms with Crippen LogP contribution >= 0.6 is 15.9 Å². The minimum Gasteiger partial charge on any atom is -0.314 e. The Hall–Kier alpha value is -0.340. The zero-order valence-electron chi connectivity index (χ0n) is 11.3. The molecular weight excluding hydrogens is 274 g/mol. The fraction of sp³-hybridized carbons (Fsp3) is 0.600. The molecule has 2 heteroatoms. The van der Waals surface area contributed by atoms with Gasteiger partial charge in [0.15, 0.2) is 0 Å². The lowest BCUT2D eigenvalue weighted by atomic mass is 9.90. The fourth-order valence-electron chi connectivity index (χ4n) is 2.02. The first kappa shape index (κ1) is 14.7. The van der Waals surface area contributed by atoms with Gasteiger partial charge in [0.1, 0.15) is 0 Å². The van der Waals surface area contributed by atoms with Gasteiger partial charge in [0, 0.05) is 17.1 Å². The molecule has 1 aromatic rings. The predicted molar refractivity (Wildman–Crippen MR) is 79.5 cm³/mol. The average Bonchev–Trinajstić information content (AvgIpc) is 2.25. The SMILES string of the molecule is CC(C)CC(CNC(C)C)c1ccc(Br)cc1. The molecule has 1 rings (SSSR count). The lowest BCUT2D eigenvalue weighted by molar-refractivity contribution is 0.452. The maximum absolute atomic E-state index is 3.55. The molecule has 0 aromatic heterocycles. The fourth-order valence-corrected chi connectivity index (χ4v) is 2.28. The zero-order chi connectivity index (χ0) is 12.8. The van der Waals surface area contributed by atoms with Crippen molar-refractivity contribution in [1.82, 2.24) is 5.32 Å². The summed E-state index contributed by atoms with van der Waals surface area (Å²) >= 11 is 3.49. The van der Waals surface area contributed by atoms with E-state index in [4.69, 9.17) is 0 Å². The van der Waals surface area contributed by atoms with Crippen molar-refractivity contribution in [3.8, 4) is 0 Å². The van der Waals surface area contributed by atoms with E-state index in [2.05, 4.69) is 73.2 Å². The molecule has 0 aliphatic rings. The Balaban J connectivity index is 2.70. The van der Waals surface area contributed by atoms with Gasteiger partial charge in [0.2, 0.25) is 0 Å². The number of hydrogen-bond acceptors (Lipinski definition) is 1. The Morgan fingerprint density at radius 3 is 2.12 bits per heavy atom. The summed E-state index contributed by atoms with van der Waals surface area (Å²) in [6, 6.07) is 9.30. The molecule has 0 aliphatic heterocycles. The molecule has 0 aliphatic carbocycles. The first-order valence-corrected chi connectivity index (χ1v) is 7.27. The Morgan fingerprint density at radius 1 is 1.06 bits per heavy atom. The number of halogens is 1. The van der Waals surface area contributed by atoms with E-state index in [1.54, 1.807) is 0 Å². The third kappa shape index (κ3) is 5.69. The first-order valence-electron chi connectivity index (χ1n) is 6.48. The highest BCUT2D eigenvalue weighted by Crippen LogP contribution is 2.24. The zero-order valence-corrected chi connectivity index (χ0v) is 12.9. The Morgan fingerprint density at radius 2 is 1.65 bits per heavy atom. The van der Waals surface area contributed by atoms with Gasteiger partial charge in [0.05, 0.1) is 0 Å². The second kappa shape index (κ2) is 7.17. The topological polar surface area (TPSA) is 12.0 Å². The summed E-state index contributed by atoms with van der Waals surface area (Å²) in [6.07, 6.45) is 1.24. The van der Waals surface area contributed by atoms with E-state index in [0.717, 1.165) is 16.9 Å². The molecule has 96 valence electrons. The van der Waals surface area contributed by atoms with Gasteiger partial charge in [-0.15, -0.1) is 0 Å². The van der Waals surface area contributed by atoms with Gasteiger partial charge in [-0.3, -0.25) is 0 Å². The van der Waals surface area contributed by atoms with Crippen LogP contribution < -0.4 is 5.32 Å². The van der Waals surface area contributed by atoms with Crippen LogP contribution in [0.4, 0.5) is 0 Å². The van der Waals surface area contributed by atoms with E-state index in [1.165, 1.54) is 12.0 Å². The van der Waals surface area contributed by atoms with E-state index in [1.807, 2.05) is 0 Å². The van der Waals surface area contributed by atoms with Crippen molar-refractivity contribution in [2.75, 3.05) is 6.54 Å². The summed E-state index contributed by atoms with van der Waals surface area (Å²) in [6.45, 7) is 10.1. The van der Waals surface area contributed by atoms with Gasteiger partial charge in [-0.05, 0) is 36.0 Å². The molecule has 0 saturated carbocycles. The molecule has 1 N–H and O–H groups in total. The van der Waals surface area contributed by atoms with E-state index in [9.17, 15) is 0 Å². The van der Waals surface area contributed by atoms with Crippen LogP contribution in [0.1, 0.15) is 45.6 Å². The third-order valence-electron chi connectivity index (χ3n) is 2.87. The van der Waals surface area contributed by atoms with Gasteiger partial charge in [-0.25, -0.2) is 0 Å². The van der Waals surface area contributed by atoms with Crippen molar-refractivity contribution in [2.24, 2.45) is 5.92 Å². The lowest BCUT2D eigenvalue weighted by Gasteiger charge is -2.21. The maximum Gasteiger partial charge on any atom is 0.0175 e. The molecule has 0 radical (unpaired) electrons. The highest BCUT2D eigenvalue weighted by Gasteiger charge is 2.13. The lowest BCUT2D eigenvalue weighted by Crippen LogP contribution is -2.28. The molecular formula is C15H24BrN. The Labute approximate surface area is 114 Å². The van der Waals surface area contributed by atoms with Crippen LogP contribution in [0.25, 0.3) is 0 Å². The molecule has 17 heavy (non-hydrogen) atoms. The van der Waals surface area contributed by atoms with Gasteiger partial charge >= 0.3 is 0 Å². The van der Waals surface area contributed by atoms with Gasteiger partial charge in [-0.2, -0.15) is 0 Å². The van der Waals surface area contributed by atoms with Gasteiger partial charge in [-0.1, -0.05) is 55.8 Å². The van der Waals surface area contributed by atoms with E-state index in [0.29, 0.717) is 12.0 Å². The second-order valence-electron chi connectivity index (χ2n) is 5.44. The van der Waals surface area contributed by atoms with E-state index >= 15 is 0 Å². The predicted octanol–water partition coefficient (Wildman–Crippen LogP) is 4.58. The van der Waals surface area contributed by atoms with Crippen molar-refractivity contribution >= 4 is 15.9 Å². The van der Waals surface area contributed by atoms with Crippen LogP contribution in [-0.2, 0) is 0 Å². The number of rotatable bonds is 6. The van der Waals surface area contributed by atoms with E-state index < -0.39 is 0 Å². The molecule has 1 nitrogen and oxygen atoms in total. The molecule has 1 atom stereocenters. The molecule has 1 aromatic carbocycles. The van der Waals surface area contributed by atoms with Crippen molar-refractivity contribution in [3.63, 3.8) is 0 Å². The average molecular weight is 298 g/mol. The smallest absolute Gasteiger partial charge is 0.0175 e. The highest BCUT2D eigenvalue weighted by molar-refractivity contribution is 9.10. The van der Waals surface area contributed by atoms with E-state index in [-0.39, 0.29) is 0 Å². The van der Waals surface area contributed by atoms with Crippen LogP contribution in [0, 0.1) is 5.92 Å². The Bertz CT molecular complexity index is 316. The molecule has 1 unspecified atom stereocenters. The van der Waals surface area contributed by atoms with Gasteiger partial charge in [0.25, 0.3) is 0 Å². The largest absolute Gasteiger partial charge is 0.314 e. The number of nitrogens with one attached hydrogen (secondary N) is 1. The summed E-state index contributed by atoms with van der Waals surface area (Å²) in [7, 11) is 0. The molecule has 0 bridgehead atoms. The molecule has 0 saturated heterocycles. The van der Waals surface area contributed by atoms with Crippen molar-refractivity contribution < 1.29 is 0 Å². The van der Waals surface area contributed by atoms with Crippen molar-refractivity contribution in [3.05, 3.63) is 34.3 Å². The van der Waals surface area contributed by atoms with Crippen LogP contribution in [0.15, 0.2) is 28.7 Å². The normalized spacial score (nSPS) is 13.4. The van der Waals surface area contributed by atoms with Crippen LogP contribution in [0.5, 0.6) is 0 Å². The summed E-state index contributed by atoms with van der Waals surface area (Å²) in [5, 5.41) is 3.55. The van der Waals surface area contributed by atoms with Crippen molar-refractivity contribution in [1.29, 1.82) is 0 Å². The Kier molecular flexibility index (Phi) is 6.21. The first-order chi connectivity index (χ1) is 7.99. The van der Waals surface area contributed by atoms with Crippen molar-refractivity contribution in [2.45, 2.75) is 46.1 Å².